The third-order valence-electron chi connectivity index (χ3n) is 5.03. The van der Waals surface area contributed by atoms with E-state index in [-0.39, 0.29) is 23.5 Å². The van der Waals surface area contributed by atoms with Crippen LogP contribution in [0.1, 0.15) is 25.8 Å². The lowest BCUT2D eigenvalue weighted by atomic mass is 10.0. The molecule has 0 amide bonds. The Morgan fingerprint density at radius 3 is 2.55 bits per heavy atom. The van der Waals surface area contributed by atoms with Gasteiger partial charge >= 0.3 is 5.97 Å². The molecule has 3 aromatic rings. The molecule has 0 aliphatic carbocycles. The number of pyridine rings is 1. The Bertz CT molecular complexity index is 1290. The van der Waals surface area contributed by atoms with Crippen LogP contribution in [0.5, 0.6) is 0 Å². The van der Waals surface area contributed by atoms with E-state index in [2.05, 4.69) is 10.3 Å². The Hall–Kier alpha value is -3.46. The predicted octanol–water partition coefficient (Wildman–Crippen LogP) is 3.39. The van der Waals surface area contributed by atoms with Gasteiger partial charge in [-0.3, -0.25) is 9.78 Å². The minimum Gasteiger partial charge on any atom is -0.481 e. The van der Waals surface area contributed by atoms with Crippen molar-refractivity contribution in [3.05, 3.63) is 65.1 Å². The molecule has 3 rings (SSSR count). The van der Waals surface area contributed by atoms with Gasteiger partial charge in [0.2, 0.25) is 0 Å². The van der Waals surface area contributed by atoms with Gasteiger partial charge in [0.15, 0.2) is 0 Å². The molecule has 0 saturated carbocycles. The molecule has 162 valence electrons. The van der Waals surface area contributed by atoms with Crippen LogP contribution in [0, 0.1) is 5.41 Å². The number of hydrogen-bond donors (Lipinski definition) is 3. The number of allylic oxidation sites excluding steroid dienone is 2. The Kier molecular flexibility index (Phi) is 6.26. The number of hydrogen-bond acceptors (Lipinski definition) is 6. The average molecular weight is 441 g/mol. The zero-order valence-corrected chi connectivity index (χ0v) is 18.3. The number of benzene rings is 1. The quantitative estimate of drug-likeness (QED) is 0.461. The third-order valence-corrected chi connectivity index (χ3v) is 6.98. The van der Waals surface area contributed by atoms with Crippen LogP contribution >= 0.6 is 0 Å². The van der Waals surface area contributed by atoms with Crippen molar-refractivity contribution in [2.75, 3.05) is 7.05 Å². The van der Waals surface area contributed by atoms with Crippen LogP contribution in [0.15, 0.2) is 59.5 Å². The summed E-state index contributed by atoms with van der Waals surface area (Å²) in [5, 5.41) is 20.6. The summed E-state index contributed by atoms with van der Waals surface area (Å²) in [6, 6.07) is 9.06. The van der Waals surface area contributed by atoms with Crippen molar-refractivity contribution < 1.29 is 18.3 Å². The van der Waals surface area contributed by atoms with Crippen LogP contribution < -0.4 is 5.32 Å². The molecule has 2 aromatic heterocycles. The summed E-state index contributed by atoms with van der Waals surface area (Å²) in [7, 11) is -2.49. The first kappa shape index (κ1) is 22.2. The van der Waals surface area contributed by atoms with Gasteiger partial charge in [0.1, 0.15) is 4.91 Å². The molecule has 0 aliphatic rings. The van der Waals surface area contributed by atoms with Crippen LogP contribution in [0.25, 0.3) is 22.0 Å². The van der Waals surface area contributed by atoms with E-state index < -0.39 is 16.0 Å². The normalized spacial score (nSPS) is 12.5. The van der Waals surface area contributed by atoms with Gasteiger partial charge in [-0.25, -0.2) is 12.4 Å². The van der Waals surface area contributed by atoms with Gasteiger partial charge in [-0.15, -0.1) is 0 Å². The van der Waals surface area contributed by atoms with Gasteiger partial charge < -0.3 is 15.8 Å². The first-order valence-corrected chi connectivity index (χ1v) is 11.1. The van der Waals surface area contributed by atoms with Gasteiger partial charge in [-0.2, -0.15) is 0 Å². The minimum absolute atomic E-state index is 0.0900. The lowest BCUT2D eigenvalue weighted by molar-refractivity contribution is -0.136. The van der Waals surface area contributed by atoms with Crippen LogP contribution in [0.3, 0.4) is 0 Å². The Labute approximate surface area is 180 Å². The van der Waals surface area contributed by atoms with Gasteiger partial charge in [-0.05, 0) is 49.6 Å². The summed E-state index contributed by atoms with van der Waals surface area (Å²) in [6.07, 6.45) is 4.89. The van der Waals surface area contributed by atoms with Gasteiger partial charge in [0, 0.05) is 48.7 Å². The highest BCUT2D eigenvalue weighted by Gasteiger charge is 2.27. The van der Waals surface area contributed by atoms with Crippen LogP contribution in [0.4, 0.5) is 0 Å². The monoisotopic (exact) mass is 440 g/mol. The van der Waals surface area contributed by atoms with Crippen molar-refractivity contribution in [1.82, 2.24) is 14.3 Å². The number of aliphatic carboxylic acids is 1. The van der Waals surface area contributed by atoms with Crippen molar-refractivity contribution in [3.8, 4) is 11.1 Å². The van der Waals surface area contributed by atoms with Crippen molar-refractivity contribution >= 4 is 32.6 Å². The van der Waals surface area contributed by atoms with E-state index in [0.29, 0.717) is 22.2 Å². The van der Waals surface area contributed by atoms with Gasteiger partial charge in [-0.1, -0.05) is 12.1 Å². The van der Waals surface area contributed by atoms with Crippen LogP contribution in [-0.2, 0) is 21.2 Å². The van der Waals surface area contributed by atoms with Gasteiger partial charge in [0.05, 0.1) is 11.2 Å². The number of aromatic nitrogens is 2. The number of carboxylic acid groups (broad SMARTS) is 1. The molecule has 0 fully saturated rings. The van der Waals surface area contributed by atoms with Crippen molar-refractivity contribution in [1.29, 1.82) is 5.41 Å². The summed E-state index contributed by atoms with van der Waals surface area (Å²) in [4.78, 5) is 15.2. The second-order valence-corrected chi connectivity index (χ2v) is 8.90. The number of rotatable bonds is 8. The summed E-state index contributed by atoms with van der Waals surface area (Å²) in [5.74, 6) is -0.964. The Morgan fingerprint density at radius 1 is 1.23 bits per heavy atom. The summed E-state index contributed by atoms with van der Waals surface area (Å²) >= 11 is 0. The number of carbonyl (C=O) groups is 1. The zero-order valence-electron chi connectivity index (χ0n) is 17.5. The molecule has 9 heteroatoms. The molecule has 0 unspecified atom stereocenters. The number of carboxylic acids is 1. The van der Waals surface area contributed by atoms with E-state index in [1.165, 1.54) is 13.1 Å². The molecule has 3 N–H and O–H groups in total. The first-order valence-electron chi connectivity index (χ1n) is 9.62. The van der Waals surface area contributed by atoms with E-state index in [9.17, 15) is 13.2 Å². The number of aryl methyl sites for hydroxylation is 1. The predicted molar refractivity (Wildman–Crippen MR) is 121 cm³/mol. The van der Waals surface area contributed by atoms with E-state index in [1.807, 2.05) is 18.2 Å². The Morgan fingerprint density at radius 2 is 1.97 bits per heavy atom. The SMILES string of the molecule is CN/C(C)=C(\C(C)=N)S(=O)(=O)n1cc(CCC(=O)O)c2cc(-c3cccnc3)ccc21. The second kappa shape index (κ2) is 8.73. The van der Waals surface area contributed by atoms with Gasteiger partial charge in [0.25, 0.3) is 10.0 Å². The number of fused-ring (bicyclic) bond motifs is 1. The molecule has 1 aromatic carbocycles. The zero-order chi connectivity index (χ0) is 22.8. The molecule has 0 atom stereocenters. The molecule has 0 spiro atoms. The maximum Gasteiger partial charge on any atom is 0.303 e. The van der Waals surface area contributed by atoms with E-state index >= 15 is 0 Å². The molecule has 0 radical (unpaired) electrons. The topological polar surface area (TPSA) is 125 Å². The fourth-order valence-corrected chi connectivity index (χ4v) is 5.26. The molecule has 0 bridgehead atoms. The standard InChI is InChI=1S/C22H24N4O4S/c1-14(23)22(15(2)24-3)31(29,30)26-13-18(7-9-21(27)28)19-11-16(6-8-20(19)26)17-5-4-10-25-12-17/h4-6,8,10-13,23-24H,7,9H2,1-3H3,(H,27,28)/b22-15+,23-14?. The molecular formula is C22H24N4O4S. The molecular weight excluding hydrogens is 416 g/mol. The number of nitrogens with one attached hydrogen (secondary N) is 2. The lowest BCUT2D eigenvalue weighted by Crippen LogP contribution is -2.23. The number of nitrogens with zero attached hydrogens (tertiary/aromatic N) is 2. The molecule has 8 nitrogen and oxygen atoms in total. The summed E-state index contributed by atoms with van der Waals surface area (Å²) in [6.45, 7) is 3.02. The highest BCUT2D eigenvalue weighted by atomic mass is 32.2. The van der Waals surface area contributed by atoms with Crippen LogP contribution in [0.2, 0.25) is 0 Å². The molecule has 0 saturated heterocycles. The fraction of sp³-hybridized carbons (Fsp3) is 0.227. The van der Waals surface area contributed by atoms with Crippen molar-refractivity contribution in [3.63, 3.8) is 0 Å². The molecule has 31 heavy (non-hydrogen) atoms. The summed E-state index contributed by atoms with van der Waals surface area (Å²) < 4.78 is 28.1. The van der Waals surface area contributed by atoms with E-state index in [0.717, 1.165) is 15.1 Å². The van der Waals surface area contributed by atoms with Crippen LogP contribution in [-0.4, -0.2) is 41.2 Å². The first-order chi connectivity index (χ1) is 14.7. The lowest BCUT2D eigenvalue weighted by Gasteiger charge is -2.14. The third kappa shape index (κ3) is 4.36. The minimum atomic E-state index is -4.08. The van der Waals surface area contributed by atoms with Crippen molar-refractivity contribution in [2.24, 2.45) is 0 Å². The maximum absolute atomic E-state index is 13.5. The molecule has 0 aliphatic heterocycles. The highest BCUT2D eigenvalue weighted by molar-refractivity contribution is 7.95. The largest absolute Gasteiger partial charge is 0.481 e. The molecule has 2 heterocycles. The fourth-order valence-electron chi connectivity index (χ4n) is 3.50. The highest BCUT2D eigenvalue weighted by Crippen LogP contribution is 2.31. The maximum atomic E-state index is 13.5. The smallest absolute Gasteiger partial charge is 0.303 e. The van der Waals surface area contributed by atoms with E-state index in [1.54, 1.807) is 38.5 Å². The van der Waals surface area contributed by atoms with Crippen molar-refractivity contribution in [2.45, 2.75) is 26.7 Å². The Balaban J connectivity index is 2.27. The average Bonchev–Trinajstić information content (AvgIpc) is 3.11. The summed E-state index contributed by atoms with van der Waals surface area (Å²) in [5.41, 5.74) is 3.01. The second-order valence-electron chi connectivity index (χ2n) is 7.15. The van der Waals surface area contributed by atoms with E-state index in [4.69, 9.17) is 10.5 Å².